The molecule has 4 rings (SSSR count). The molecule has 0 radical (unpaired) electrons. The summed E-state index contributed by atoms with van der Waals surface area (Å²) in [4.78, 5) is 13.1. The smallest absolute Gasteiger partial charge is 0.155 e. The van der Waals surface area contributed by atoms with E-state index in [-0.39, 0.29) is 0 Å². The van der Waals surface area contributed by atoms with Crippen LogP contribution in [0.15, 0.2) is 43.0 Å². The minimum absolute atomic E-state index is 0.458. The van der Waals surface area contributed by atoms with Gasteiger partial charge in [0.1, 0.15) is 5.82 Å². The Bertz CT molecular complexity index is 759. The van der Waals surface area contributed by atoms with Crippen LogP contribution in [0.1, 0.15) is 6.42 Å². The van der Waals surface area contributed by atoms with Crippen molar-refractivity contribution in [2.24, 2.45) is 0 Å². The molecular weight excluding hydrogens is 264 g/mol. The molecule has 4 heterocycles. The number of fused-ring (bicyclic) bond motifs is 1. The van der Waals surface area contributed by atoms with Crippen molar-refractivity contribution < 1.29 is 0 Å². The van der Waals surface area contributed by atoms with Crippen LogP contribution in [0.3, 0.4) is 0 Å². The molecular formula is C15H16N6. The maximum Gasteiger partial charge on any atom is 0.155 e. The Morgan fingerprint density at radius 1 is 1.29 bits per heavy atom. The predicted octanol–water partition coefficient (Wildman–Crippen LogP) is 1.57. The first-order chi connectivity index (χ1) is 10.4. The maximum absolute atomic E-state index is 4.71. The van der Waals surface area contributed by atoms with Gasteiger partial charge in [0, 0.05) is 25.0 Å². The van der Waals surface area contributed by atoms with Crippen LogP contribution >= 0.6 is 0 Å². The summed E-state index contributed by atoms with van der Waals surface area (Å²) in [6.07, 6.45) is 8.37. The van der Waals surface area contributed by atoms with Gasteiger partial charge in [-0.25, -0.2) is 9.97 Å². The zero-order valence-electron chi connectivity index (χ0n) is 11.5. The van der Waals surface area contributed by atoms with Crippen LogP contribution < -0.4 is 10.6 Å². The van der Waals surface area contributed by atoms with Gasteiger partial charge < -0.3 is 10.6 Å². The highest BCUT2D eigenvalue weighted by Gasteiger charge is 2.15. The lowest BCUT2D eigenvalue weighted by molar-refractivity contribution is 0.788. The van der Waals surface area contributed by atoms with Gasteiger partial charge in [-0.15, -0.1) is 0 Å². The zero-order chi connectivity index (χ0) is 14.1. The molecule has 0 aliphatic carbocycles. The van der Waals surface area contributed by atoms with E-state index in [0.29, 0.717) is 6.04 Å². The molecule has 1 aliphatic rings. The highest BCUT2D eigenvalue weighted by atomic mass is 15.1. The van der Waals surface area contributed by atoms with Gasteiger partial charge in [-0.2, -0.15) is 0 Å². The van der Waals surface area contributed by atoms with E-state index in [4.69, 9.17) is 4.98 Å². The second kappa shape index (κ2) is 5.14. The molecule has 3 aromatic heterocycles. The van der Waals surface area contributed by atoms with Crippen molar-refractivity contribution >= 4 is 11.5 Å². The molecule has 0 spiro atoms. The molecule has 1 atom stereocenters. The quantitative estimate of drug-likeness (QED) is 0.762. The van der Waals surface area contributed by atoms with Crippen LogP contribution in [-0.4, -0.2) is 38.5 Å². The summed E-state index contributed by atoms with van der Waals surface area (Å²) in [6.45, 7) is 2.06. The van der Waals surface area contributed by atoms with E-state index in [2.05, 4.69) is 20.6 Å². The van der Waals surface area contributed by atoms with Crippen molar-refractivity contribution in [2.45, 2.75) is 12.5 Å². The first kappa shape index (κ1) is 12.3. The summed E-state index contributed by atoms with van der Waals surface area (Å²) in [7, 11) is 0. The molecule has 3 aromatic rings. The Balaban J connectivity index is 1.68. The lowest BCUT2D eigenvalue weighted by atomic mass is 10.2. The van der Waals surface area contributed by atoms with Crippen LogP contribution in [0.5, 0.6) is 0 Å². The molecule has 1 aliphatic heterocycles. The van der Waals surface area contributed by atoms with Gasteiger partial charge in [0.05, 0.1) is 23.8 Å². The van der Waals surface area contributed by atoms with Gasteiger partial charge >= 0.3 is 0 Å². The van der Waals surface area contributed by atoms with Crippen molar-refractivity contribution in [3.63, 3.8) is 0 Å². The van der Waals surface area contributed by atoms with Crippen LogP contribution in [0.25, 0.3) is 17.0 Å². The normalized spacial score (nSPS) is 18.2. The summed E-state index contributed by atoms with van der Waals surface area (Å²) < 4.78 is 2.00. The molecule has 0 bridgehead atoms. The van der Waals surface area contributed by atoms with E-state index in [1.54, 1.807) is 12.4 Å². The molecule has 6 nitrogen and oxygen atoms in total. The Morgan fingerprint density at radius 3 is 3.19 bits per heavy atom. The number of rotatable bonds is 3. The Labute approximate surface area is 122 Å². The van der Waals surface area contributed by atoms with Crippen molar-refractivity contribution in [3.05, 3.63) is 43.0 Å². The third-order valence-electron chi connectivity index (χ3n) is 3.74. The first-order valence-electron chi connectivity index (χ1n) is 7.12. The number of nitrogens with one attached hydrogen (secondary N) is 2. The minimum Gasteiger partial charge on any atom is -0.366 e. The van der Waals surface area contributed by atoms with Gasteiger partial charge in [0.15, 0.2) is 5.65 Å². The molecule has 0 amide bonds. The zero-order valence-corrected chi connectivity index (χ0v) is 11.5. The lowest BCUT2D eigenvalue weighted by Gasteiger charge is -2.12. The number of hydrogen-bond donors (Lipinski definition) is 2. The van der Waals surface area contributed by atoms with Gasteiger partial charge in [0.2, 0.25) is 0 Å². The molecule has 1 unspecified atom stereocenters. The van der Waals surface area contributed by atoms with Gasteiger partial charge in [-0.05, 0) is 25.1 Å². The van der Waals surface area contributed by atoms with E-state index in [0.717, 1.165) is 42.4 Å². The molecule has 1 fully saturated rings. The van der Waals surface area contributed by atoms with Crippen molar-refractivity contribution in [2.75, 3.05) is 18.4 Å². The fourth-order valence-electron chi connectivity index (χ4n) is 2.68. The second-order valence-corrected chi connectivity index (χ2v) is 5.19. The van der Waals surface area contributed by atoms with Gasteiger partial charge in [-0.1, -0.05) is 6.07 Å². The molecule has 2 N–H and O–H groups in total. The monoisotopic (exact) mass is 280 g/mol. The molecule has 21 heavy (non-hydrogen) atoms. The second-order valence-electron chi connectivity index (χ2n) is 5.19. The maximum atomic E-state index is 4.71. The fraction of sp³-hybridized carbons (Fsp3) is 0.267. The number of anilines is 1. The highest BCUT2D eigenvalue weighted by molar-refractivity contribution is 5.61. The summed E-state index contributed by atoms with van der Waals surface area (Å²) in [6, 6.07) is 6.49. The summed E-state index contributed by atoms with van der Waals surface area (Å²) in [5.74, 6) is 0.908. The topological polar surface area (TPSA) is 67.1 Å². The molecule has 106 valence electrons. The Kier molecular flexibility index (Phi) is 3.01. The van der Waals surface area contributed by atoms with Crippen LogP contribution in [0.4, 0.5) is 5.82 Å². The van der Waals surface area contributed by atoms with Crippen LogP contribution in [0.2, 0.25) is 0 Å². The average Bonchev–Trinajstić information content (AvgIpc) is 3.16. The number of pyridine rings is 1. The number of hydrogen-bond acceptors (Lipinski definition) is 5. The first-order valence-corrected chi connectivity index (χ1v) is 7.12. The molecule has 1 saturated heterocycles. The van der Waals surface area contributed by atoms with Crippen LogP contribution in [0, 0.1) is 0 Å². The van der Waals surface area contributed by atoms with E-state index in [9.17, 15) is 0 Å². The molecule has 0 saturated carbocycles. The number of nitrogens with zero attached hydrogens (tertiary/aromatic N) is 4. The summed E-state index contributed by atoms with van der Waals surface area (Å²) >= 11 is 0. The minimum atomic E-state index is 0.458. The standard InChI is InChI=1S/C15H16N6/c1-2-12(13-9-18-15-10-17-6-7-21(13)15)20-14(3-1)19-11-4-5-16-8-11/h1-3,6-7,9-11,16H,4-5,8H2,(H,19,20). The van der Waals surface area contributed by atoms with Gasteiger partial charge in [0.25, 0.3) is 0 Å². The van der Waals surface area contributed by atoms with Gasteiger partial charge in [-0.3, -0.25) is 9.38 Å². The predicted molar refractivity (Wildman–Crippen MR) is 81.1 cm³/mol. The van der Waals surface area contributed by atoms with E-state index in [1.165, 1.54) is 0 Å². The van der Waals surface area contributed by atoms with Crippen molar-refractivity contribution in [1.82, 2.24) is 24.7 Å². The Morgan fingerprint density at radius 2 is 2.29 bits per heavy atom. The largest absolute Gasteiger partial charge is 0.366 e. The third-order valence-corrected chi connectivity index (χ3v) is 3.74. The number of aromatic nitrogens is 4. The average molecular weight is 280 g/mol. The fourth-order valence-corrected chi connectivity index (χ4v) is 2.68. The highest BCUT2D eigenvalue weighted by Crippen LogP contribution is 2.20. The summed E-state index contributed by atoms with van der Waals surface area (Å²) in [5, 5.41) is 6.82. The lowest BCUT2D eigenvalue weighted by Crippen LogP contribution is -2.22. The van der Waals surface area contributed by atoms with Crippen molar-refractivity contribution in [1.29, 1.82) is 0 Å². The number of imidazole rings is 1. The summed E-state index contributed by atoms with van der Waals surface area (Å²) in [5.41, 5.74) is 2.71. The van der Waals surface area contributed by atoms with Crippen molar-refractivity contribution in [3.8, 4) is 11.4 Å². The Hall–Kier alpha value is -2.47. The van der Waals surface area contributed by atoms with Crippen LogP contribution in [-0.2, 0) is 0 Å². The SMILES string of the molecule is c1cc(NC2CCNC2)nc(-c2cnc3cnccn23)c1. The van der Waals surface area contributed by atoms with E-state index < -0.39 is 0 Å². The van der Waals surface area contributed by atoms with E-state index >= 15 is 0 Å². The molecule has 0 aromatic carbocycles. The van der Waals surface area contributed by atoms with E-state index in [1.807, 2.05) is 35.0 Å². The molecule has 6 heteroatoms. The third kappa shape index (κ3) is 2.34.